The number of carbonyl (C=O) groups is 1. The molecule has 1 aliphatic heterocycles. The summed E-state index contributed by atoms with van der Waals surface area (Å²) >= 11 is 1.65. The number of fused-ring (bicyclic) bond motifs is 1. The zero-order chi connectivity index (χ0) is 19.4. The summed E-state index contributed by atoms with van der Waals surface area (Å²) in [4.78, 5) is 14.7. The third kappa shape index (κ3) is 4.54. The van der Waals surface area contributed by atoms with Crippen molar-refractivity contribution >= 4 is 33.4 Å². The highest BCUT2D eigenvalue weighted by Gasteiger charge is 2.23. The van der Waals surface area contributed by atoms with Crippen molar-refractivity contribution in [2.24, 2.45) is 0 Å². The van der Waals surface area contributed by atoms with E-state index in [1.807, 2.05) is 29.2 Å². The van der Waals surface area contributed by atoms with Crippen LogP contribution in [0.25, 0.3) is 0 Å². The molecule has 0 fully saturated rings. The second kappa shape index (κ2) is 8.46. The first-order valence-electron chi connectivity index (χ1n) is 8.87. The maximum atomic E-state index is 12.5. The van der Waals surface area contributed by atoms with Gasteiger partial charge in [0.2, 0.25) is 15.9 Å². The summed E-state index contributed by atoms with van der Waals surface area (Å²) in [7, 11) is -0.366. The van der Waals surface area contributed by atoms with Crippen LogP contribution in [-0.4, -0.2) is 45.0 Å². The highest BCUT2D eigenvalue weighted by atomic mass is 32.2. The van der Waals surface area contributed by atoms with Gasteiger partial charge in [-0.15, -0.1) is 0 Å². The van der Waals surface area contributed by atoms with Crippen LogP contribution in [0.15, 0.2) is 53.4 Å². The molecule has 0 bridgehead atoms. The first-order chi connectivity index (χ1) is 12.9. The SMILES string of the molecule is CN(C)S(=O)(=O)c1cccc(CSCCC(=O)N2CCc3ccccc32)c1. The minimum atomic E-state index is -3.42. The zero-order valence-electron chi connectivity index (χ0n) is 15.6. The molecule has 7 heteroatoms. The van der Waals surface area contributed by atoms with Gasteiger partial charge in [0.1, 0.15) is 0 Å². The minimum Gasteiger partial charge on any atom is -0.312 e. The van der Waals surface area contributed by atoms with E-state index in [0.717, 1.165) is 24.2 Å². The number of amides is 1. The van der Waals surface area contributed by atoms with Crippen LogP contribution in [0, 0.1) is 0 Å². The van der Waals surface area contributed by atoms with Gasteiger partial charge in [-0.05, 0) is 35.7 Å². The molecule has 144 valence electrons. The number of anilines is 1. The Balaban J connectivity index is 1.52. The Kier molecular flexibility index (Phi) is 6.24. The van der Waals surface area contributed by atoms with Crippen molar-refractivity contribution < 1.29 is 13.2 Å². The van der Waals surface area contributed by atoms with E-state index in [4.69, 9.17) is 0 Å². The Morgan fingerprint density at radius 2 is 1.93 bits per heavy atom. The summed E-state index contributed by atoms with van der Waals surface area (Å²) in [5, 5.41) is 0. The lowest BCUT2D eigenvalue weighted by atomic mass is 10.2. The van der Waals surface area contributed by atoms with Crippen LogP contribution in [0.4, 0.5) is 5.69 Å². The highest BCUT2D eigenvalue weighted by Crippen LogP contribution is 2.28. The highest BCUT2D eigenvalue weighted by molar-refractivity contribution is 7.98. The molecule has 1 heterocycles. The van der Waals surface area contributed by atoms with Gasteiger partial charge in [0.05, 0.1) is 4.90 Å². The lowest BCUT2D eigenvalue weighted by Gasteiger charge is -2.17. The van der Waals surface area contributed by atoms with Crippen LogP contribution < -0.4 is 4.90 Å². The monoisotopic (exact) mass is 404 g/mol. The second-order valence-corrected chi connectivity index (χ2v) is 9.92. The molecular formula is C20H24N2O3S2. The van der Waals surface area contributed by atoms with Crippen molar-refractivity contribution in [2.45, 2.75) is 23.5 Å². The van der Waals surface area contributed by atoms with Crippen LogP contribution in [-0.2, 0) is 27.0 Å². The average molecular weight is 405 g/mol. The molecule has 0 unspecified atom stereocenters. The van der Waals surface area contributed by atoms with Gasteiger partial charge in [-0.25, -0.2) is 12.7 Å². The minimum absolute atomic E-state index is 0.149. The normalized spacial score (nSPS) is 13.8. The van der Waals surface area contributed by atoms with Crippen molar-refractivity contribution in [2.75, 3.05) is 31.3 Å². The van der Waals surface area contributed by atoms with Gasteiger partial charge in [0.25, 0.3) is 0 Å². The molecule has 0 radical (unpaired) electrons. The number of para-hydroxylation sites is 1. The molecule has 27 heavy (non-hydrogen) atoms. The van der Waals surface area contributed by atoms with Gasteiger partial charge < -0.3 is 4.90 Å². The molecule has 0 saturated heterocycles. The molecule has 0 atom stereocenters. The fraction of sp³-hybridized carbons (Fsp3) is 0.350. The summed E-state index contributed by atoms with van der Waals surface area (Å²) in [5.41, 5.74) is 3.22. The Morgan fingerprint density at radius 3 is 2.70 bits per heavy atom. The quantitative estimate of drug-likeness (QED) is 0.665. The molecule has 1 aliphatic rings. The molecule has 0 aliphatic carbocycles. The first-order valence-corrected chi connectivity index (χ1v) is 11.5. The summed E-state index contributed by atoms with van der Waals surface area (Å²) in [6, 6.07) is 15.1. The number of thioether (sulfide) groups is 1. The van der Waals surface area contributed by atoms with Crippen LogP contribution in [0.2, 0.25) is 0 Å². The number of hydrogen-bond acceptors (Lipinski definition) is 4. The number of hydrogen-bond donors (Lipinski definition) is 0. The van der Waals surface area contributed by atoms with Gasteiger partial charge in [0.15, 0.2) is 0 Å². The van der Waals surface area contributed by atoms with Crippen LogP contribution in [0.3, 0.4) is 0 Å². The van der Waals surface area contributed by atoms with Crippen LogP contribution >= 0.6 is 11.8 Å². The third-order valence-electron chi connectivity index (χ3n) is 4.59. The number of sulfonamides is 1. The summed E-state index contributed by atoms with van der Waals surface area (Å²) in [6.45, 7) is 0.757. The Morgan fingerprint density at radius 1 is 1.15 bits per heavy atom. The van der Waals surface area contributed by atoms with Crippen molar-refractivity contribution in [3.05, 3.63) is 59.7 Å². The van der Waals surface area contributed by atoms with E-state index in [9.17, 15) is 13.2 Å². The number of rotatable bonds is 7. The van der Waals surface area contributed by atoms with Crippen molar-refractivity contribution in [1.82, 2.24) is 4.31 Å². The lowest BCUT2D eigenvalue weighted by molar-refractivity contribution is -0.118. The fourth-order valence-corrected chi connectivity index (χ4v) is 4.94. The Hall–Kier alpha value is -1.83. The van der Waals surface area contributed by atoms with E-state index in [-0.39, 0.29) is 5.91 Å². The van der Waals surface area contributed by atoms with E-state index in [2.05, 4.69) is 6.07 Å². The number of benzene rings is 2. The van der Waals surface area contributed by atoms with E-state index < -0.39 is 10.0 Å². The lowest BCUT2D eigenvalue weighted by Crippen LogP contribution is -2.29. The summed E-state index contributed by atoms with van der Waals surface area (Å²) in [6.07, 6.45) is 1.40. The first kappa shape index (κ1) is 19.9. The predicted molar refractivity (Wildman–Crippen MR) is 111 cm³/mol. The van der Waals surface area contributed by atoms with E-state index in [0.29, 0.717) is 22.8 Å². The maximum Gasteiger partial charge on any atom is 0.242 e. The molecular weight excluding hydrogens is 380 g/mol. The molecule has 0 N–H and O–H groups in total. The number of carbonyl (C=O) groups excluding carboxylic acids is 1. The largest absolute Gasteiger partial charge is 0.312 e. The van der Waals surface area contributed by atoms with Gasteiger partial charge in [-0.3, -0.25) is 4.79 Å². The molecule has 1 amide bonds. The zero-order valence-corrected chi connectivity index (χ0v) is 17.2. The van der Waals surface area contributed by atoms with Crippen molar-refractivity contribution in [3.63, 3.8) is 0 Å². The predicted octanol–water partition coefficient (Wildman–Crippen LogP) is 3.15. The van der Waals surface area contributed by atoms with Gasteiger partial charge >= 0.3 is 0 Å². The van der Waals surface area contributed by atoms with Crippen LogP contribution in [0.1, 0.15) is 17.5 Å². The van der Waals surface area contributed by atoms with E-state index in [1.54, 1.807) is 30.0 Å². The summed E-state index contributed by atoms with van der Waals surface area (Å²) in [5.74, 6) is 1.54. The second-order valence-electron chi connectivity index (χ2n) is 6.66. The smallest absolute Gasteiger partial charge is 0.242 e. The molecule has 0 aromatic heterocycles. The number of nitrogens with zero attached hydrogens (tertiary/aromatic N) is 2. The Bertz CT molecular complexity index is 926. The topological polar surface area (TPSA) is 57.7 Å². The standard InChI is InChI=1S/C20H24N2O3S2/c1-21(2)27(24,25)18-8-5-6-16(14-18)15-26-13-11-20(23)22-12-10-17-7-3-4-9-19(17)22/h3-9,14H,10-13,15H2,1-2H3. The molecule has 2 aromatic rings. The summed E-state index contributed by atoms with van der Waals surface area (Å²) < 4.78 is 25.7. The van der Waals surface area contributed by atoms with E-state index >= 15 is 0 Å². The van der Waals surface area contributed by atoms with Gasteiger partial charge in [-0.1, -0.05) is 30.3 Å². The maximum absolute atomic E-state index is 12.5. The molecule has 2 aromatic carbocycles. The van der Waals surface area contributed by atoms with Gasteiger partial charge in [-0.2, -0.15) is 11.8 Å². The average Bonchev–Trinajstić information content (AvgIpc) is 3.09. The van der Waals surface area contributed by atoms with E-state index in [1.165, 1.54) is 24.0 Å². The van der Waals surface area contributed by atoms with Gasteiger partial charge in [0, 0.05) is 44.3 Å². The molecule has 0 saturated carbocycles. The van der Waals surface area contributed by atoms with Crippen molar-refractivity contribution in [3.8, 4) is 0 Å². The van der Waals surface area contributed by atoms with Crippen LogP contribution in [0.5, 0.6) is 0 Å². The molecule has 3 rings (SSSR count). The molecule has 0 spiro atoms. The van der Waals surface area contributed by atoms with Crippen molar-refractivity contribution in [1.29, 1.82) is 0 Å². The fourth-order valence-electron chi connectivity index (χ4n) is 3.09. The Labute approximate surface area is 165 Å². The third-order valence-corrected chi connectivity index (χ3v) is 7.44. The molecule has 5 nitrogen and oxygen atoms in total.